The normalized spacial score (nSPS) is 21.5. The van der Waals surface area contributed by atoms with Gasteiger partial charge in [0.2, 0.25) is 0 Å². The van der Waals surface area contributed by atoms with Crippen molar-refractivity contribution in [2.45, 2.75) is 99.4 Å². The number of ether oxygens (including phenoxy) is 2. The summed E-state index contributed by atoms with van der Waals surface area (Å²) in [6, 6.07) is 0.992. The van der Waals surface area contributed by atoms with Crippen molar-refractivity contribution in [2.75, 3.05) is 33.4 Å². The summed E-state index contributed by atoms with van der Waals surface area (Å²) in [7, 11) is -6.68. The van der Waals surface area contributed by atoms with Crippen LogP contribution in [0.4, 0.5) is 0 Å². The molecule has 1 aliphatic heterocycles. The zero-order chi connectivity index (χ0) is 29.8. The lowest BCUT2D eigenvalue weighted by Crippen LogP contribution is -2.56. The van der Waals surface area contributed by atoms with Crippen molar-refractivity contribution in [3.63, 3.8) is 0 Å². The van der Waals surface area contributed by atoms with Gasteiger partial charge in [-0.25, -0.2) is 16.8 Å². The molecule has 11 nitrogen and oxygen atoms in total. The lowest BCUT2D eigenvalue weighted by Gasteiger charge is -2.34. The fourth-order valence-corrected chi connectivity index (χ4v) is 9.76. The number of Topliss-reactive ketones (excluding diaryl/α,β-unsaturated/α-hetero) is 2. The van der Waals surface area contributed by atoms with Gasteiger partial charge in [-0.2, -0.15) is 9.03 Å². The Labute approximate surface area is 237 Å². The van der Waals surface area contributed by atoms with Crippen molar-refractivity contribution >= 4 is 42.9 Å². The first-order valence-electron chi connectivity index (χ1n) is 13.2. The summed E-state index contributed by atoms with van der Waals surface area (Å²) in [6.45, 7) is 12.6. The molecule has 1 aromatic rings. The third kappa shape index (κ3) is 7.34. The Kier molecular flexibility index (Phi) is 11.4. The predicted molar refractivity (Wildman–Crippen MR) is 150 cm³/mol. The number of hydrogen-bond donors (Lipinski definition) is 2. The van der Waals surface area contributed by atoms with Crippen LogP contribution in [-0.2, 0) is 39.1 Å². The number of ketones is 2. The van der Waals surface area contributed by atoms with Crippen molar-refractivity contribution in [3.05, 3.63) is 11.6 Å². The third-order valence-corrected chi connectivity index (χ3v) is 13.0. The minimum atomic E-state index is -4.30. The lowest BCUT2D eigenvalue weighted by atomic mass is 9.90. The second kappa shape index (κ2) is 13.1. The molecule has 0 aromatic carbocycles. The molecule has 2 unspecified atom stereocenters. The molecule has 1 aliphatic rings. The average Bonchev–Trinajstić information content (AvgIpc) is 3.34. The second-order valence-electron chi connectivity index (χ2n) is 10.2. The van der Waals surface area contributed by atoms with Gasteiger partial charge >= 0.3 is 0 Å². The summed E-state index contributed by atoms with van der Waals surface area (Å²) in [5, 5.41) is 3.25. The number of methoxy groups -OCH3 is 1. The van der Waals surface area contributed by atoms with Gasteiger partial charge in [0.1, 0.15) is 20.1 Å². The number of sulfonamides is 2. The third-order valence-electron chi connectivity index (χ3n) is 7.35. The molecule has 0 saturated carbocycles. The quantitative estimate of drug-likeness (QED) is 0.270. The Hall–Kier alpha value is -1.26. The molecular weight excluding hydrogens is 566 g/mol. The summed E-state index contributed by atoms with van der Waals surface area (Å²) >= 11 is 0.672. The topological polar surface area (TPSA) is 148 Å². The van der Waals surface area contributed by atoms with Crippen LogP contribution in [0.2, 0.25) is 0 Å². The summed E-state index contributed by atoms with van der Waals surface area (Å²) in [4.78, 5) is 25.5. The lowest BCUT2D eigenvalue weighted by molar-refractivity contribution is -0.158. The molecule has 0 saturated heterocycles. The van der Waals surface area contributed by atoms with Gasteiger partial charge in [0.25, 0.3) is 20.0 Å². The first-order chi connectivity index (χ1) is 18.0. The number of hydrogen-bond acceptors (Lipinski definition) is 10. The van der Waals surface area contributed by atoms with E-state index in [1.54, 1.807) is 27.9 Å². The Bertz CT molecular complexity index is 1250. The van der Waals surface area contributed by atoms with E-state index in [2.05, 4.69) is 10.0 Å². The molecule has 2 rings (SSSR count). The number of fused-ring (bicyclic) bond motifs is 1. The Balaban J connectivity index is 2.42. The van der Waals surface area contributed by atoms with Gasteiger partial charge in [0.15, 0.2) is 11.6 Å². The van der Waals surface area contributed by atoms with Gasteiger partial charge in [0, 0.05) is 38.4 Å². The van der Waals surface area contributed by atoms with E-state index in [-0.39, 0.29) is 39.8 Å². The monoisotopic (exact) mass is 609 g/mol. The van der Waals surface area contributed by atoms with Gasteiger partial charge in [-0.05, 0) is 59.6 Å². The van der Waals surface area contributed by atoms with Crippen molar-refractivity contribution in [2.24, 2.45) is 0 Å². The minimum Gasteiger partial charge on any atom is -0.385 e. The maximum Gasteiger partial charge on any atom is 0.252 e. The summed E-state index contributed by atoms with van der Waals surface area (Å²) < 4.78 is 68.5. The molecule has 0 amide bonds. The zero-order valence-corrected chi connectivity index (χ0v) is 26.6. The van der Waals surface area contributed by atoms with E-state index in [1.165, 1.54) is 31.1 Å². The van der Waals surface area contributed by atoms with E-state index in [0.29, 0.717) is 42.9 Å². The van der Waals surface area contributed by atoms with Crippen LogP contribution in [0.15, 0.2) is 14.5 Å². The van der Waals surface area contributed by atoms with Crippen molar-refractivity contribution in [1.82, 2.24) is 14.3 Å². The molecule has 2 N–H and O–H groups in total. The van der Waals surface area contributed by atoms with E-state index < -0.39 is 43.1 Å². The first kappa shape index (κ1) is 33.9. The van der Waals surface area contributed by atoms with E-state index >= 15 is 0 Å². The molecule has 2 heterocycles. The molecular formula is C25H43N3O8S3. The van der Waals surface area contributed by atoms with Crippen molar-refractivity contribution in [3.8, 4) is 0 Å². The van der Waals surface area contributed by atoms with Crippen LogP contribution in [0.25, 0.3) is 0 Å². The molecule has 4 atom stereocenters. The average molecular weight is 610 g/mol. The smallest absolute Gasteiger partial charge is 0.252 e. The molecule has 0 radical (unpaired) electrons. The highest BCUT2D eigenvalue weighted by Crippen LogP contribution is 2.40. The fourth-order valence-electron chi connectivity index (χ4n) is 4.43. The van der Waals surface area contributed by atoms with Gasteiger partial charge < -0.3 is 14.8 Å². The summed E-state index contributed by atoms with van der Waals surface area (Å²) in [5.41, 5.74) is -2.34. The van der Waals surface area contributed by atoms with E-state index in [1.807, 2.05) is 6.92 Å². The highest BCUT2D eigenvalue weighted by molar-refractivity contribution is 7.94. The summed E-state index contributed by atoms with van der Waals surface area (Å²) in [5.74, 6) is -0.765. The molecule has 14 heteroatoms. The standard InChI is InChI=1S/C25H43N3O8S3/c1-9-24(6,22(30)17(4)36-25(7,10-2)18(5)29)27-38(31,32)21-15-19-20(26-11-3)16-28(13-12-14-35-8)39(33,34)23(19)37-21/h15,17,20,26-27H,9-14,16H2,1-8H3/t17-,20-,24?,25?/m0/s1. The highest BCUT2D eigenvalue weighted by atomic mass is 32.3. The van der Waals surface area contributed by atoms with Crippen LogP contribution in [0.3, 0.4) is 0 Å². The van der Waals surface area contributed by atoms with Crippen LogP contribution in [0.5, 0.6) is 0 Å². The zero-order valence-electron chi connectivity index (χ0n) is 24.1. The number of thiophene rings is 1. The Morgan fingerprint density at radius 2 is 1.87 bits per heavy atom. The number of carbonyl (C=O) groups is 2. The molecule has 0 bridgehead atoms. The van der Waals surface area contributed by atoms with Crippen LogP contribution in [0.1, 0.15) is 79.3 Å². The number of rotatable bonds is 16. The highest BCUT2D eigenvalue weighted by Gasteiger charge is 2.44. The molecule has 0 fully saturated rings. The van der Waals surface area contributed by atoms with Crippen molar-refractivity contribution < 1.29 is 35.9 Å². The van der Waals surface area contributed by atoms with Gasteiger partial charge in [-0.1, -0.05) is 20.8 Å². The molecule has 39 heavy (non-hydrogen) atoms. The van der Waals surface area contributed by atoms with E-state index in [9.17, 15) is 26.4 Å². The first-order valence-corrected chi connectivity index (χ1v) is 16.9. The largest absolute Gasteiger partial charge is 0.385 e. The number of carbonyl (C=O) groups excluding carboxylic acids is 2. The molecule has 224 valence electrons. The SMILES string of the molecule is CCN[C@H]1CN(CCCOC)S(=O)(=O)c2sc(S(=O)(=O)NC(C)(CC)C(=O)[C@H](C)OC(C)(CC)C(C)=O)cc21. The minimum absolute atomic E-state index is 0.0288. The molecule has 0 spiro atoms. The van der Waals surface area contributed by atoms with Gasteiger partial charge in [-0.3, -0.25) is 9.59 Å². The molecule has 1 aromatic heterocycles. The van der Waals surface area contributed by atoms with Crippen molar-refractivity contribution in [1.29, 1.82) is 0 Å². The van der Waals surface area contributed by atoms with Crippen LogP contribution in [0, 0.1) is 0 Å². The van der Waals surface area contributed by atoms with Gasteiger partial charge in [0.05, 0.1) is 5.54 Å². The maximum atomic E-state index is 13.6. The maximum absolute atomic E-state index is 13.6. The predicted octanol–water partition coefficient (Wildman–Crippen LogP) is 2.62. The van der Waals surface area contributed by atoms with E-state index in [0.717, 1.165) is 0 Å². The van der Waals surface area contributed by atoms with Gasteiger partial charge in [-0.15, -0.1) is 11.3 Å². The van der Waals surface area contributed by atoms with Crippen LogP contribution >= 0.6 is 11.3 Å². The Morgan fingerprint density at radius 1 is 1.23 bits per heavy atom. The number of likely N-dealkylation sites (N-methyl/N-ethyl adjacent to an activating group) is 1. The second-order valence-corrected chi connectivity index (χ2v) is 15.3. The fraction of sp³-hybridized carbons (Fsp3) is 0.760. The number of nitrogens with one attached hydrogen (secondary N) is 2. The van der Waals surface area contributed by atoms with E-state index in [4.69, 9.17) is 9.47 Å². The van der Waals surface area contributed by atoms with Crippen LogP contribution < -0.4 is 10.0 Å². The Morgan fingerprint density at radius 3 is 2.38 bits per heavy atom. The number of nitrogens with zero attached hydrogens (tertiary/aromatic N) is 1. The molecule has 0 aliphatic carbocycles. The summed E-state index contributed by atoms with van der Waals surface area (Å²) in [6.07, 6.45) is -0.112. The van der Waals surface area contributed by atoms with Crippen LogP contribution in [-0.4, -0.2) is 83.3 Å².